The summed E-state index contributed by atoms with van der Waals surface area (Å²) in [7, 11) is -6.82. The van der Waals surface area contributed by atoms with E-state index in [1.807, 2.05) is 0 Å². The van der Waals surface area contributed by atoms with Crippen molar-refractivity contribution in [2.24, 2.45) is 0 Å². The molecule has 1 unspecified atom stereocenters. The molecule has 0 spiro atoms. The van der Waals surface area contributed by atoms with Gasteiger partial charge in [-0.25, -0.2) is 21.6 Å². The van der Waals surface area contributed by atoms with E-state index in [0.29, 0.717) is 12.8 Å². The maximum atomic E-state index is 11.4. The number of aliphatic hydroxyl groups is 1. The predicted octanol–water partition coefficient (Wildman–Crippen LogP) is -0.889. The van der Waals surface area contributed by atoms with Gasteiger partial charge in [0.15, 0.2) is 0 Å². The maximum Gasteiger partial charge on any atom is 0.212 e. The van der Waals surface area contributed by atoms with Crippen molar-refractivity contribution in [1.82, 2.24) is 4.72 Å². The van der Waals surface area contributed by atoms with Crippen LogP contribution in [0.5, 0.6) is 0 Å². The second kappa shape index (κ2) is 6.53. The lowest BCUT2D eigenvalue weighted by molar-refractivity contribution is 0.279. The van der Waals surface area contributed by atoms with E-state index in [2.05, 4.69) is 4.72 Å². The smallest absolute Gasteiger partial charge is 0.212 e. The topological polar surface area (TPSA) is 101 Å². The number of sulfonamides is 1. The Hall–Kier alpha value is -0.180. The molecule has 6 nitrogen and oxygen atoms in total. The highest BCUT2D eigenvalue weighted by Crippen LogP contribution is 1.99. The van der Waals surface area contributed by atoms with Crippen LogP contribution in [-0.2, 0) is 19.9 Å². The van der Waals surface area contributed by atoms with Crippen molar-refractivity contribution in [2.45, 2.75) is 25.8 Å². The van der Waals surface area contributed by atoms with E-state index in [4.69, 9.17) is 5.11 Å². The number of sulfone groups is 1. The molecule has 0 radical (unpaired) electrons. The van der Waals surface area contributed by atoms with Crippen LogP contribution in [0.4, 0.5) is 0 Å². The van der Waals surface area contributed by atoms with Gasteiger partial charge in [0.05, 0.1) is 11.5 Å². The number of aliphatic hydroxyl groups excluding tert-OH is 1. The van der Waals surface area contributed by atoms with Gasteiger partial charge in [0.25, 0.3) is 0 Å². The van der Waals surface area contributed by atoms with Crippen molar-refractivity contribution in [3.8, 4) is 0 Å². The SMILES string of the molecule is CC(CCCO)NS(=O)(=O)CCS(C)(=O)=O. The molecule has 98 valence electrons. The van der Waals surface area contributed by atoms with E-state index in [0.717, 1.165) is 6.26 Å². The third kappa shape index (κ3) is 9.08. The molecule has 0 saturated heterocycles. The number of rotatable bonds is 8. The fraction of sp³-hybridized carbons (Fsp3) is 1.00. The highest BCUT2D eigenvalue weighted by Gasteiger charge is 2.16. The lowest BCUT2D eigenvalue weighted by atomic mass is 10.2. The van der Waals surface area contributed by atoms with Crippen molar-refractivity contribution in [3.05, 3.63) is 0 Å². The molecule has 0 aromatic carbocycles. The Morgan fingerprint density at radius 3 is 2.19 bits per heavy atom. The van der Waals surface area contributed by atoms with Crippen molar-refractivity contribution < 1.29 is 21.9 Å². The van der Waals surface area contributed by atoms with Crippen LogP contribution in [0.25, 0.3) is 0 Å². The second-order valence-electron chi connectivity index (χ2n) is 3.83. The zero-order valence-electron chi connectivity index (χ0n) is 9.51. The van der Waals surface area contributed by atoms with Crippen LogP contribution in [-0.4, -0.2) is 52.4 Å². The summed E-state index contributed by atoms with van der Waals surface area (Å²) < 4.78 is 46.8. The molecule has 0 aromatic heterocycles. The van der Waals surface area contributed by atoms with Crippen LogP contribution < -0.4 is 4.72 Å². The summed E-state index contributed by atoms with van der Waals surface area (Å²) in [6, 6.07) is -0.295. The van der Waals surface area contributed by atoms with Gasteiger partial charge in [-0.2, -0.15) is 0 Å². The molecule has 0 aliphatic rings. The van der Waals surface area contributed by atoms with Crippen LogP contribution in [0.1, 0.15) is 19.8 Å². The van der Waals surface area contributed by atoms with E-state index in [9.17, 15) is 16.8 Å². The van der Waals surface area contributed by atoms with Crippen LogP contribution >= 0.6 is 0 Å². The molecule has 0 saturated carbocycles. The third-order valence-corrected chi connectivity index (χ3v) is 4.61. The van der Waals surface area contributed by atoms with Gasteiger partial charge in [-0.15, -0.1) is 0 Å². The summed E-state index contributed by atoms with van der Waals surface area (Å²) in [5.41, 5.74) is 0. The summed E-state index contributed by atoms with van der Waals surface area (Å²) in [6.45, 7) is 1.68. The molecule has 0 bridgehead atoms. The Balaban J connectivity index is 4.15. The van der Waals surface area contributed by atoms with Crippen molar-refractivity contribution in [3.63, 3.8) is 0 Å². The molecule has 8 heteroatoms. The average molecular weight is 273 g/mol. The van der Waals surface area contributed by atoms with Crippen LogP contribution in [0.3, 0.4) is 0 Å². The largest absolute Gasteiger partial charge is 0.396 e. The monoisotopic (exact) mass is 273 g/mol. The van der Waals surface area contributed by atoms with Crippen molar-refractivity contribution in [2.75, 3.05) is 24.4 Å². The van der Waals surface area contributed by atoms with E-state index in [-0.39, 0.29) is 18.4 Å². The Kier molecular flexibility index (Phi) is 6.46. The van der Waals surface area contributed by atoms with Crippen LogP contribution in [0.2, 0.25) is 0 Å². The van der Waals surface area contributed by atoms with Gasteiger partial charge >= 0.3 is 0 Å². The average Bonchev–Trinajstić information content (AvgIpc) is 2.10. The molecule has 0 rings (SSSR count). The van der Waals surface area contributed by atoms with Gasteiger partial charge in [-0.05, 0) is 19.8 Å². The molecular formula is C8H19NO5S2. The minimum Gasteiger partial charge on any atom is -0.396 e. The highest BCUT2D eigenvalue weighted by atomic mass is 32.2. The first-order valence-electron chi connectivity index (χ1n) is 4.95. The lowest BCUT2D eigenvalue weighted by Crippen LogP contribution is -2.36. The number of hydrogen-bond acceptors (Lipinski definition) is 5. The summed E-state index contributed by atoms with van der Waals surface area (Å²) >= 11 is 0. The molecule has 0 aliphatic carbocycles. The molecule has 1 atom stereocenters. The van der Waals surface area contributed by atoms with E-state index >= 15 is 0 Å². The fourth-order valence-electron chi connectivity index (χ4n) is 1.08. The molecule has 2 N–H and O–H groups in total. The summed E-state index contributed by atoms with van der Waals surface area (Å²) in [4.78, 5) is 0. The van der Waals surface area contributed by atoms with Crippen LogP contribution in [0, 0.1) is 0 Å². The molecule has 16 heavy (non-hydrogen) atoms. The van der Waals surface area contributed by atoms with Crippen molar-refractivity contribution >= 4 is 19.9 Å². The van der Waals surface area contributed by atoms with Gasteiger partial charge in [0, 0.05) is 18.9 Å². The normalized spacial score (nSPS) is 14.9. The van der Waals surface area contributed by atoms with Crippen molar-refractivity contribution in [1.29, 1.82) is 0 Å². The molecule has 0 aromatic rings. The number of nitrogens with one attached hydrogen (secondary N) is 1. The maximum absolute atomic E-state index is 11.4. The zero-order chi connectivity index (χ0) is 12.8. The van der Waals surface area contributed by atoms with E-state index in [1.54, 1.807) is 6.92 Å². The quantitative estimate of drug-likeness (QED) is 0.597. The molecular weight excluding hydrogens is 254 g/mol. The Bertz CT molecular complexity index is 387. The highest BCUT2D eigenvalue weighted by molar-refractivity contribution is 7.93. The minimum absolute atomic E-state index is 0.00933. The Labute approximate surface area is 97.0 Å². The lowest BCUT2D eigenvalue weighted by Gasteiger charge is -2.13. The first-order chi connectivity index (χ1) is 7.16. The van der Waals surface area contributed by atoms with Gasteiger partial charge < -0.3 is 5.11 Å². The van der Waals surface area contributed by atoms with E-state index in [1.165, 1.54) is 0 Å². The predicted molar refractivity (Wildman–Crippen MR) is 62.4 cm³/mol. The van der Waals surface area contributed by atoms with Gasteiger partial charge in [-0.1, -0.05) is 0 Å². The summed E-state index contributed by atoms with van der Waals surface area (Å²) in [5.74, 6) is -0.801. The first kappa shape index (κ1) is 15.8. The summed E-state index contributed by atoms with van der Waals surface area (Å²) in [5, 5.41) is 8.57. The molecule has 0 amide bonds. The molecule has 0 heterocycles. The zero-order valence-corrected chi connectivity index (χ0v) is 11.1. The first-order valence-corrected chi connectivity index (χ1v) is 8.66. The fourth-order valence-corrected chi connectivity index (χ4v) is 4.02. The third-order valence-electron chi connectivity index (χ3n) is 1.90. The minimum atomic E-state index is -3.56. The Morgan fingerprint density at radius 1 is 1.19 bits per heavy atom. The van der Waals surface area contributed by atoms with Gasteiger partial charge in [0.2, 0.25) is 10.0 Å². The van der Waals surface area contributed by atoms with E-state index < -0.39 is 25.6 Å². The second-order valence-corrected chi connectivity index (χ2v) is 7.97. The molecule has 0 aliphatic heterocycles. The number of hydrogen-bond donors (Lipinski definition) is 2. The standard InChI is InChI=1S/C8H19NO5S2/c1-8(4-3-5-10)9-16(13,14)7-6-15(2,11)12/h8-10H,3-7H2,1-2H3. The van der Waals surface area contributed by atoms with Gasteiger partial charge in [-0.3, -0.25) is 0 Å². The summed E-state index contributed by atoms with van der Waals surface area (Å²) in [6.07, 6.45) is 2.03. The van der Waals surface area contributed by atoms with Gasteiger partial charge in [0.1, 0.15) is 9.84 Å². The van der Waals surface area contributed by atoms with Crippen LogP contribution in [0.15, 0.2) is 0 Å². The molecule has 0 fully saturated rings. The Morgan fingerprint density at radius 2 is 1.75 bits per heavy atom.